The minimum absolute atomic E-state index is 0.0192. The number of amides is 1. The minimum atomic E-state index is -0.921. The second kappa shape index (κ2) is 8.49. The van der Waals surface area contributed by atoms with E-state index < -0.39 is 29.6 Å². The summed E-state index contributed by atoms with van der Waals surface area (Å²) in [4.78, 5) is 29.2. The van der Waals surface area contributed by atoms with Crippen LogP contribution in [-0.4, -0.2) is 20.6 Å². The van der Waals surface area contributed by atoms with E-state index in [9.17, 15) is 18.4 Å². The normalized spacial score (nSPS) is 10.8. The summed E-state index contributed by atoms with van der Waals surface area (Å²) in [5, 5.41) is 6.72. The van der Waals surface area contributed by atoms with Gasteiger partial charge in [0.2, 0.25) is 11.7 Å². The molecule has 31 heavy (non-hydrogen) atoms. The third-order valence-electron chi connectivity index (χ3n) is 4.30. The van der Waals surface area contributed by atoms with Crippen LogP contribution in [0.15, 0.2) is 70.1 Å². The van der Waals surface area contributed by atoms with Crippen molar-refractivity contribution in [1.82, 2.24) is 14.7 Å². The Morgan fingerprint density at radius 2 is 1.90 bits per heavy atom. The Hall–Kier alpha value is -3.85. The van der Waals surface area contributed by atoms with Crippen LogP contribution >= 0.6 is 11.6 Å². The molecule has 0 spiro atoms. The third-order valence-corrected chi connectivity index (χ3v) is 4.55. The van der Waals surface area contributed by atoms with Crippen molar-refractivity contribution in [2.45, 2.75) is 6.54 Å². The second-order valence-electron chi connectivity index (χ2n) is 6.46. The topological polar surface area (TPSA) is 90.0 Å². The van der Waals surface area contributed by atoms with Crippen molar-refractivity contribution in [3.63, 3.8) is 0 Å². The highest BCUT2D eigenvalue weighted by atomic mass is 35.5. The highest BCUT2D eigenvalue weighted by molar-refractivity contribution is 6.30. The largest absolute Gasteiger partial charge is 0.333 e. The van der Waals surface area contributed by atoms with Crippen LogP contribution in [0.2, 0.25) is 5.02 Å². The van der Waals surface area contributed by atoms with Crippen LogP contribution in [0.5, 0.6) is 0 Å². The van der Waals surface area contributed by atoms with Crippen molar-refractivity contribution >= 4 is 23.2 Å². The second-order valence-corrected chi connectivity index (χ2v) is 6.89. The van der Waals surface area contributed by atoms with Crippen LogP contribution in [0.3, 0.4) is 0 Å². The zero-order chi connectivity index (χ0) is 22.0. The van der Waals surface area contributed by atoms with Crippen LogP contribution in [0.1, 0.15) is 0 Å². The van der Waals surface area contributed by atoms with Gasteiger partial charge in [0.1, 0.15) is 23.7 Å². The smallest absolute Gasteiger partial charge is 0.263 e. The number of hydrogen-bond donors (Lipinski definition) is 1. The highest BCUT2D eigenvalue weighted by Gasteiger charge is 2.16. The Balaban J connectivity index is 1.55. The first-order chi connectivity index (χ1) is 14.9. The number of pyridine rings is 1. The van der Waals surface area contributed by atoms with E-state index in [-0.39, 0.29) is 23.0 Å². The maximum atomic E-state index is 13.7. The van der Waals surface area contributed by atoms with Crippen LogP contribution in [0.25, 0.3) is 22.8 Å². The van der Waals surface area contributed by atoms with Gasteiger partial charge in [-0.1, -0.05) is 16.8 Å². The molecule has 4 aromatic rings. The molecule has 0 atom stereocenters. The number of carbonyl (C=O) groups excluding carboxylic acids is 1. The summed E-state index contributed by atoms with van der Waals surface area (Å²) in [6.07, 6.45) is 1.39. The first-order valence-corrected chi connectivity index (χ1v) is 9.33. The van der Waals surface area contributed by atoms with Gasteiger partial charge in [-0.05, 0) is 48.5 Å². The standard InChI is InChI=1S/C21H13ClF2N4O3/c22-13-5-3-12(4-6-13)19-26-20(31-27-19)15-2-1-9-28(21(15)30)11-18(29)25-17-8-7-14(23)10-16(17)24/h1-10H,11H2,(H,25,29). The molecule has 0 aliphatic heterocycles. The molecule has 2 aromatic heterocycles. The third kappa shape index (κ3) is 4.51. The number of benzene rings is 2. The van der Waals surface area contributed by atoms with Gasteiger partial charge in [0.25, 0.3) is 11.4 Å². The summed E-state index contributed by atoms with van der Waals surface area (Å²) in [6.45, 7) is -0.401. The van der Waals surface area contributed by atoms with E-state index in [1.807, 2.05) is 0 Å². The first kappa shape index (κ1) is 20.4. The number of nitrogens with one attached hydrogen (secondary N) is 1. The average molecular weight is 443 g/mol. The van der Waals surface area contributed by atoms with Gasteiger partial charge in [0.05, 0.1) is 5.69 Å². The zero-order valence-electron chi connectivity index (χ0n) is 15.7. The van der Waals surface area contributed by atoms with Crippen molar-refractivity contribution in [3.8, 4) is 22.8 Å². The Bertz CT molecular complexity index is 1320. The molecule has 10 heteroatoms. The molecule has 0 saturated heterocycles. The monoisotopic (exact) mass is 442 g/mol. The summed E-state index contributed by atoms with van der Waals surface area (Å²) in [7, 11) is 0. The molecule has 1 N–H and O–H groups in total. The summed E-state index contributed by atoms with van der Waals surface area (Å²) in [6, 6.07) is 12.5. The number of halogens is 3. The van der Waals surface area contributed by atoms with Crippen LogP contribution < -0.4 is 10.9 Å². The quantitative estimate of drug-likeness (QED) is 0.502. The molecular weight excluding hydrogens is 430 g/mol. The predicted octanol–water partition coefficient (Wildman–Crippen LogP) is 4.14. The molecular formula is C21H13ClF2N4O3. The van der Waals surface area contributed by atoms with Gasteiger partial charge in [-0.2, -0.15) is 4.98 Å². The maximum absolute atomic E-state index is 13.7. The zero-order valence-corrected chi connectivity index (χ0v) is 16.4. The number of nitrogens with zero attached hydrogens (tertiary/aromatic N) is 3. The molecule has 0 fully saturated rings. The van der Waals surface area contributed by atoms with Crippen molar-refractivity contribution in [1.29, 1.82) is 0 Å². The lowest BCUT2D eigenvalue weighted by atomic mass is 10.2. The van der Waals surface area contributed by atoms with E-state index in [0.29, 0.717) is 16.7 Å². The van der Waals surface area contributed by atoms with Gasteiger partial charge in [0.15, 0.2) is 0 Å². The lowest BCUT2D eigenvalue weighted by Gasteiger charge is -2.09. The van der Waals surface area contributed by atoms with E-state index in [1.54, 1.807) is 24.3 Å². The number of carbonyl (C=O) groups is 1. The fourth-order valence-electron chi connectivity index (χ4n) is 2.81. The minimum Gasteiger partial charge on any atom is -0.333 e. The van der Waals surface area contributed by atoms with Crippen LogP contribution in [0.4, 0.5) is 14.5 Å². The van der Waals surface area contributed by atoms with E-state index in [4.69, 9.17) is 16.1 Å². The van der Waals surface area contributed by atoms with Crippen molar-refractivity contribution in [3.05, 3.63) is 87.8 Å². The van der Waals surface area contributed by atoms with Gasteiger partial charge in [-0.3, -0.25) is 9.59 Å². The van der Waals surface area contributed by atoms with Crippen molar-refractivity contribution in [2.24, 2.45) is 0 Å². The average Bonchev–Trinajstić information content (AvgIpc) is 3.22. The molecule has 1 amide bonds. The first-order valence-electron chi connectivity index (χ1n) is 8.95. The number of rotatable bonds is 5. The van der Waals surface area contributed by atoms with E-state index in [1.165, 1.54) is 18.3 Å². The molecule has 0 bridgehead atoms. The van der Waals surface area contributed by atoms with E-state index in [0.717, 1.165) is 16.7 Å². The highest BCUT2D eigenvalue weighted by Crippen LogP contribution is 2.22. The van der Waals surface area contributed by atoms with Gasteiger partial charge in [-0.25, -0.2) is 8.78 Å². The van der Waals surface area contributed by atoms with Gasteiger partial charge in [0, 0.05) is 22.8 Å². The maximum Gasteiger partial charge on any atom is 0.263 e. The van der Waals surface area contributed by atoms with Crippen molar-refractivity contribution in [2.75, 3.05) is 5.32 Å². The molecule has 7 nitrogen and oxygen atoms in total. The molecule has 2 aromatic carbocycles. The number of hydrogen-bond acceptors (Lipinski definition) is 5. The summed E-state index contributed by atoms with van der Waals surface area (Å²) >= 11 is 5.87. The molecule has 0 radical (unpaired) electrons. The number of aromatic nitrogens is 3. The predicted molar refractivity (Wildman–Crippen MR) is 109 cm³/mol. The molecule has 4 rings (SSSR count). The SMILES string of the molecule is O=C(Cn1cccc(-c2nc(-c3ccc(Cl)cc3)no2)c1=O)Nc1ccc(F)cc1F. The Morgan fingerprint density at radius 1 is 1.13 bits per heavy atom. The summed E-state index contributed by atoms with van der Waals surface area (Å²) in [5.74, 6) is -2.11. The Labute approximate surface area is 178 Å². The fraction of sp³-hybridized carbons (Fsp3) is 0.0476. The summed E-state index contributed by atoms with van der Waals surface area (Å²) < 4.78 is 33.0. The molecule has 0 aliphatic rings. The van der Waals surface area contributed by atoms with Gasteiger partial charge < -0.3 is 14.4 Å². The van der Waals surface area contributed by atoms with Gasteiger partial charge in [-0.15, -0.1) is 0 Å². The molecule has 156 valence electrons. The fourth-order valence-corrected chi connectivity index (χ4v) is 2.93. The molecule has 0 unspecified atom stereocenters. The lowest BCUT2D eigenvalue weighted by Crippen LogP contribution is -2.28. The molecule has 0 saturated carbocycles. The van der Waals surface area contributed by atoms with Crippen molar-refractivity contribution < 1.29 is 18.1 Å². The Kier molecular flexibility index (Phi) is 5.59. The lowest BCUT2D eigenvalue weighted by molar-refractivity contribution is -0.116. The van der Waals surface area contributed by atoms with E-state index >= 15 is 0 Å². The van der Waals surface area contributed by atoms with Crippen LogP contribution in [-0.2, 0) is 11.3 Å². The molecule has 2 heterocycles. The Morgan fingerprint density at radius 3 is 2.65 bits per heavy atom. The van der Waals surface area contributed by atoms with E-state index in [2.05, 4.69) is 15.5 Å². The molecule has 0 aliphatic carbocycles. The summed E-state index contributed by atoms with van der Waals surface area (Å²) in [5.41, 5.74) is -0.00372. The number of anilines is 1. The van der Waals surface area contributed by atoms with Gasteiger partial charge >= 0.3 is 0 Å². The van der Waals surface area contributed by atoms with Crippen LogP contribution in [0, 0.1) is 11.6 Å².